The molecule has 2 aromatic rings. The third-order valence-corrected chi connectivity index (χ3v) is 6.36. The van der Waals surface area contributed by atoms with Crippen LogP contribution in [0.2, 0.25) is 0 Å². The Morgan fingerprint density at radius 2 is 2.19 bits per heavy atom. The van der Waals surface area contributed by atoms with E-state index in [1.165, 1.54) is 30.6 Å². The van der Waals surface area contributed by atoms with E-state index in [1.807, 2.05) is 0 Å². The molecule has 1 fully saturated rings. The molecule has 6 nitrogen and oxygen atoms in total. The minimum absolute atomic E-state index is 0.250. The quantitative estimate of drug-likeness (QED) is 0.560. The molecule has 1 unspecified atom stereocenters. The third kappa shape index (κ3) is 5.79. The first-order chi connectivity index (χ1) is 13.2. The summed E-state index contributed by atoms with van der Waals surface area (Å²) in [6, 6.07) is 5.04. The Balaban J connectivity index is 1.62. The van der Waals surface area contributed by atoms with Gasteiger partial charge < -0.3 is 15.2 Å². The van der Waals surface area contributed by atoms with E-state index in [-0.39, 0.29) is 6.04 Å². The zero-order chi connectivity index (χ0) is 19.1. The van der Waals surface area contributed by atoms with Crippen LogP contribution in [0, 0.1) is 5.92 Å². The van der Waals surface area contributed by atoms with Crippen molar-refractivity contribution in [3.63, 3.8) is 0 Å². The number of nitrogens with zero attached hydrogens (tertiary/aromatic N) is 4. The molecule has 1 atom stereocenters. The van der Waals surface area contributed by atoms with E-state index in [4.69, 9.17) is 4.99 Å². The van der Waals surface area contributed by atoms with Crippen molar-refractivity contribution in [2.45, 2.75) is 71.5 Å². The summed E-state index contributed by atoms with van der Waals surface area (Å²) in [6.45, 7) is 8.16. The van der Waals surface area contributed by atoms with Gasteiger partial charge in [-0.1, -0.05) is 19.9 Å². The number of aromatic nitrogens is 3. The van der Waals surface area contributed by atoms with Crippen molar-refractivity contribution in [2.75, 3.05) is 6.54 Å². The predicted octanol–water partition coefficient (Wildman–Crippen LogP) is 3.78. The summed E-state index contributed by atoms with van der Waals surface area (Å²) < 4.78 is 2.09. The lowest BCUT2D eigenvalue weighted by Crippen LogP contribution is -2.45. The Bertz CT molecular complexity index is 700. The van der Waals surface area contributed by atoms with Gasteiger partial charge in [-0.3, -0.25) is 4.99 Å². The highest BCUT2D eigenvalue weighted by Gasteiger charge is 2.20. The van der Waals surface area contributed by atoms with E-state index < -0.39 is 0 Å². The van der Waals surface area contributed by atoms with Gasteiger partial charge in [0.1, 0.15) is 12.2 Å². The van der Waals surface area contributed by atoms with Crippen LogP contribution in [0.3, 0.4) is 0 Å². The number of aryl methyl sites for hydroxylation is 1. The van der Waals surface area contributed by atoms with Crippen LogP contribution in [0.4, 0.5) is 0 Å². The topological polar surface area (TPSA) is 67.1 Å². The van der Waals surface area contributed by atoms with Gasteiger partial charge in [0.25, 0.3) is 0 Å². The van der Waals surface area contributed by atoms with Crippen molar-refractivity contribution in [1.82, 2.24) is 25.4 Å². The van der Waals surface area contributed by atoms with Crippen molar-refractivity contribution in [2.24, 2.45) is 10.9 Å². The fourth-order valence-corrected chi connectivity index (χ4v) is 4.29. The van der Waals surface area contributed by atoms with Crippen LogP contribution in [0.15, 0.2) is 28.8 Å². The van der Waals surface area contributed by atoms with Crippen molar-refractivity contribution in [3.05, 3.63) is 34.5 Å². The van der Waals surface area contributed by atoms with E-state index in [2.05, 4.69) is 63.7 Å². The Kier molecular flexibility index (Phi) is 7.26. The Hall–Kier alpha value is -1.89. The van der Waals surface area contributed by atoms with Crippen molar-refractivity contribution in [1.29, 1.82) is 0 Å². The van der Waals surface area contributed by atoms with E-state index in [9.17, 15) is 0 Å². The molecule has 7 heteroatoms. The summed E-state index contributed by atoms with van der Waals surface area (Å²) in [6.07, 6.45) is 7.73. The van der Waals surface area contributed by atoms with Gasteiger partial charge in [0.15, 0.2) is 5.96 Å². The fourth-order valence-electron chi connectivity index (χ4n) is 3.55. The van der Waals surface area contributed by atoms with Crippen molar-refractivity contribution >= 4 is 17.3 Å². The molecular formula is C20H32N6S. The average molecular weight is 389 g/mol. The maximum Gasteiger partial charge on any atom is 0.192 e. The second kappa shape index (κ2) is 9.88. The second-order valence-electron chi connectivity index (χ2n) is 7.51. The van der Waals surface area contributed by atoms with E-state index in [0.717, 1.165) is 30.7 Å². The van der Waals surface area contributed by atoms with Gasteiger partial charge in [-0.25, -0.2) is 0 Å². The molecule has 148 valence electrons. The molecule has 1 aliphatic carbocycles. The van der Waals surface area contributed by atoms with E-state index >= 15 is 0 Å². The van der Waals surface area contributed by atoms with Gasteiger partial charge in [0.05, 0.1) is 12.6 Å². The summed E-state index contributed by atoms with van der Waals surface area (Å²) in [5.41, 5.74) is 0. The molecular weight excluding hydrogens is 356 g/mol. The molecule has 3 rings (SSSR count). The minimum atomic E-state index is 0.250. The summed E-state index contributed by atoms with van der Waals surface area (Å²) in [4.78, 5) is 6.19. The molecule has 2 heterocycles. The van der Waals surface area contributed by atoms with Crippen LogP contribution in [-0.4, -0.2) is 33.3 Å². The number of hydrogen-bond acceptors (Lipinski definition) is 4. The molecule has 0 aliphatic heterocycles. The summed E-state index contributed by atoms with van der Waals surface area (Å²) in [7, 11) is 0. The number of guanidine groups is 1. The standard InChI is InChI=1S/C20H32N6S/c1-4-19-25-22-14-26(19)12-11-21-20(23-16(3)18-6-5-13-27-18)24-17-9-7-15(2)8-10-17/h5-6,13-17H,4,7-12H2,1-3H3,(H2,21,23,24). The van der Waals surface area contributed by atoms with Crippen molar-refractivity contribution in [3.8, 4) is 0 Å². The molecule has 1 saturated carbocycles. The molecule has 0 spiro atoms. The zero-order valence-corrected chi connectivity index (χ0v) is 17.5. The van der Waals surface area contributed by atoms with Crippen molar-refractivity contribution < 1.29 is 0 Å². The molecule has 1 aliphatic rings. The second-order valence-corrected chi connectivity index (χ2v) is 8.49. The molecule has 0 saturated heterocycles. The first-order valence-electron chi connectivity index (χ1n) is 10.1. The zero-order valence-electron chi connectivity index (χ0n) is 16.7. The number of hydrogen-bond donors (Lipinski definition) is 2. The van der Waals surface area contributed by atoms with E-state index in [0.29, 0.717) is 12.6 Å². The molecule has 0 amide bonds. The predicted molar refractivity (Wildman–Crippen MR) is 112 cm³/mol. The number of nitrogens with one attached hydrogen (secondary N) is 2. The maximum absolute atomic E-state index is 4.86. The first-order valence-corrected chi connectivity index (χ1v) is 11.0. The van der Waals surface area contributed by atoms with Gasteiger partial charge in [-0.05, 0) is 50.0 Å². The molecule has 0 aromatic carbocycles. The summed E-state index contributed by atoms with van der Waals surface area (Å²) >= 11 is 1.78. The SMILES string of the molecule is CCc1nncn1CCN=C(NC1CCC(C)CC1)NC(C)c1cccs1. The summed E-state index contributed by atoms with van der Waals surface area (Å²) in [5, 5.41) is 17.6. The van der Waals surface area contributed by atoms with Crippen LogP contribution < -0.4 is 10.6 Å². The van der Waals surface area contributed by atoms with Gasteiger partial charge in [-0.15, -0.1) is 21.5 Å². The Morgan fingerprint density at radius 3 is 2.89 bits per heavy atom. The average Bonchev–Trinajstić information content (AvgIpc) is 3.35. The van der Waals surface area contributed by atoms with E-state index in [1.54, 1.807) is 17.7 Å². The Morgan fingerprint density at radius 1 is 1.37 bits per heavy atom. The smallest absolute Gasteiger partial charge is 0.192 e. The maximum atomic E-state index is 4.86. The molecule has 2 aromatic heterocycles. The number of thiophene rings is 1. The number of aliphatic imine (C=N–C) groups is 1. The highest BCUT2D eigenvalue weighted by molar-refractivity contribution is 7.10. The number of rotatable bonds is 7. The lowest BCUT2D eigenvalue weighted by molar-refractivity contribution is 0.328. The molecule has 0 bridgehead atoms. The van der Waals surface area contributed by atoms with Gasteiger partial charge >= 0.3 is 0 Å². The monoisotopic (exact) mass is 388 g/mol. The third-order valence-electron chi connectivity index (χ3n) is 5.30. The highest BCUT2D eigenvalue weighted by Crippen LogP contribution is 2.23. The first kappa shape index (κ1) is 19.9. The van der Waals surface area contributed by atoms with Crippen LogP contribution >= 0.6 is 11.3 Å². The molecule has 0 radical (unpaired) electrons. The van der Waals surface area contributed by atoms with Gasteiger partial charge in [-0.2, -0.15) is 0 Å². The fraction of sp³-hybridized carbons (Fsp3) is 0.650. The van der Waals surface area contributed by atoms with Gasteiger partial charge in [0.2, 0.25) is 0 Å². The molecule has 2 N–H and O–H groups in total. The van der Waals surface area contributed by atoms with Crippen LogP contribution in [-0.2, 0) is 13.0 Å². The normalized spacial score (nSPS) is 21.8. The largest absolute Gasteiger partial charge is 0.354 e. The lowest BCUT2D eigenvalue weighted by atomic mass is 9.87. The van der Waals surface area contributed by atoms with Crippen LogP contribution in [0.25, 0.3) is 0 Å². The molecule has 27 heavy (non-hydrogen) atoms. The Labute approximate surface area is 166 Å². The van der Waals surface area contributed by atoms with Crippen LogP contribution in [0.5, 0.6) is 0 Å². The lowest BCUT2D eigenvalue weighted by Gasteiger charge is -2.29. The van der Waals surface area contributed by atoms with Crippen LogP contribution in [0.1, 0.15) is 63.2 Å². The van der Waals surface area contributed by atoms with Gasteiger partial charge in [0, 0.05) is 23.9 Å². The summed E-state index contributed by atoms with van der Waals surface area (Å²) in [5.74, 6) is 2.78. The minimum Gasteiger partial charge on any atom is -0.354 e. The highest BCUT2D eigenvalue weighted by atomic mass is 32.1.